The van der Waals surface area contributed by atoms with Gasteiger partial charge in [0.05, 0.1) is 5.52 Å². The first kappa shape index (κ1) is 19.2. The number of anilines is 2. The number of para-hydroxylation sites is 1. The second-order valence-corrected chi connectivity index (χ2v) is 8.33. The number of unbranched alkanes of at least 4 members (excludes halogenated alkanes) is 2. The number of pyridine rings is 2. The Balaban J connectivity index is 1.54. The van der Waals surface area contributed by atoms with Gasteiger partial charge in [-0.1, -0.05) is 38.0 Å². The minimum atomic E-state index is 0.983. The lowest BCUT2D eigenvalue weighted by atomic mass is 10.1. The summed E-state index contributed by atoms with van der Waals surface area (Å²) < 4.78 is 1.02. The van der Waals surface area contributed by atoms with Crippen LogP contribution >= 0.6 is 15.9 Å². The van der Waals surface area contributed by atoms with Crippen molar-refractivity contribution in [1.82, 2.24) is 9.97 Å². The monoisotopic (exact) mass is 438 g/mol. The molecule has 4 nitrogen and oxygen atoms in total. The van der Waals surface area contributed by atoms with E-state index in [-0.39, 0.29) is 0 Å². The zero-order valence-corrected chi connectivity index (χ0v) is 18.0. The first-order chi connectivity index (χ1) is 13.7. The number of nitrogens with zero attached hydrogens (tertiary/aromatic N) is 4. The van der Waals surface area contributed by atoms with Crippen LogP contribution < -0.4 is 9.80 Å². The number of aryl methyl sites for hydroxylation is 1. The molecule has 0 saturated carbocycles. The maximum absolute atomic E-state index is 4.92. The Hall–Kier alpha value is -2.14. The number of benzene rings is 1. The zero-order chi connectivity index (χ0) is 19.3. The van der Waals surface area contributed by atoms with Gasteiger partial charge in [0.15, 0.2) is 0 Å². The van der Waals surface area contributed by atoms with Crippen LogP contribution in [0.15, 0.2) is 53.1 Å². The largest absolute Gasteiger partial charge is 0.367 e. The van der Waals surface area contributed by atoms with Crippen molar-refractivity contribution < 1.29 is 0 Å². The van der Waals surface area contributed by atoms with Crippen LogP contribution in [0.2, 0.25) is 0 Å². The minimum absolute atomic E-state index is 0.983. The Morgan fingerprint density at radius 1 is 0.964 bits per heavy atom. The molecular weight excluding hydrogens is 412 g/mol. The van der Waals surface area contributed by atoms with Crippen LogP contribution in [0.4, 0.5) is 11.5 Å². The molecule has 0 unspecified atom stereocenters. The Labute approximate surface area is 175 Å². The average molecular weight is 439 g/mol. The predicted molar refractivity (Wildman–Crippen MR) is 121 cm³/mol. The molecule has 0 spiro atoms. The molecule has 0 bridgehead atoms. The lowest BCUT2D eigenvalue weighted by molar-refractivity contribution is 0.647. The molecule has 2 aromatic heterocycles. The molecule has 146 valence electrons. The maximum Gasteiger partial charge on any atom is 0.128 e. The molecule has 1 saturated heterocycles. The topological polar surface area (TPSA) is 32.3 Å². The first-order valence-electron chi connectivity index (χ1n) is 10.2. The Morgan fingerprint density at radius 2 is 1.75 bits per heavy atom. The summed E-state index contributed by atoms with van der Waals surface area (Å²) in [5.41, 5.74) is 3.67. The third-order valence-electron chi connectivity index (χ3n) is 5.44. The van der Waals surface area contributed by atoms with Crippen LogP contribution in [0, 0.1) is 0 Å². The molecular formula is C23H27BrN4. The highest BCUT2D eigenvalue weighted by Gasteiger charge is 2.20. The fraction of sp³-hybridized carbons (Fsp3) is 0.391. The van der Waals surface area contributed by atoms with Crippen molar-refractivity contribution in [2.45, 2.75) is 32.6 Å². The maximum atomic E-state index is 4.92. The van der Waals surface area contributed by atoms with Gasteiger partial charge in [0.2, 0.25) is 0 Å². The lowest BCUT2D eigenvalue weighted by Crippen LogP contribution is -2.47. The van der Waals surface area contributed by atoms with E-state index in [1.54, 1.807) is 0 Å². The Kier molecular flexibility index (Phi) is 6.10. The van der Waals surface area contributed by atoms with Crippen molar-refractivity contribution in [2.24, 2.45) is 0 Å². The van der Waals surface area contributed by atoms with Crippen LogP contribution in [0.1, 0.15) is 31.9 Å². The van der Waals surface area contributed by atoms with E-state index < -0.39 is 0 Å². The van der Waals surface area contributed by atoms with Crippen LogP contribution in [0.25, 0.3) is 10.9 Å². The summed E-state index contributed by atoms with van der Waals surface area (Å²) in [6, 6.07) is 15.0. The van der Waals surface area contributed by atoms with Crippen molar-refractivity contribution in [3.8, 4) is 0 Å². The van der Waals surface area contributed by atoms with Crippen molar-refractivity contribution in [2.75, 3.05) is 36.0 Å². The van der Waals surface area contributed by atoms with Crippen LogP contribution in [0.3, 0.4) is 0 Å². The van der Waals surface area contributed by atoms with Gasteiger partial charge in [-0.2, -0.15) is 0 Å². The molecule has 0 amide bonds. The number of aromatic nitrogens is 2. The van der Waals surface area contributed by atoms with Crippen molar-refractivity contribution >= 4 is 38.3 Å². The number of fused-ring (bicyclic) bond motifs is 1. The van der Waals surface area contributed by atoms with Gasteiger partial charge in [-0.05, 0) is 53.0 Å². The summed E-state index contributed by atoms with van der Waals surface area (Å²) in [6.45, 7) is 6.21. The molecule has 0 aliphatic carbocycles. The van der Waals surface area contributed by atoms with E-state index in [0.29, 0.717) is 0 Å². The van der Waals surface area contributed by atoms with Gasteiger partial charge >= 0.3 is 0 Å². The standard InChI is InChI=1S/C23H27BrN4/c1-2-3-4-7-19-16-22(20-8-5-6-9-21(20)26-19)27-12-14-28(15-13-27)23-11-10-18(24)17-25-23/h5-6,8-11,16-17H,2-4,7,12-15H2,1H3. The van der Waals surface area contributed by atoms with E-state index in [9.17, 15) is 0 Å². The minimum Gasteiger partial charge on any atom is -0.367 e. The number of rotatable bonds is 6. The molecule has 0 atom stereocenters. The van der Waals surface area contributed by atoms with Gasteiger partial charge in [0.1, 0.15) is 5.82 Å². The van der Waals surface area contributed by atoms with E-state index in [2.05, 4.69) is 80.1 Å². The van der Waals surface area contributed by atoms with Gasteiger partial charge in [0.25, 0.3) is 0 Å². The second-order valence-electron chi connectivity index (χ2n) is 7.42. The highest BCUT2D eigenvalue weighted by molar-refractivity contribution is 9.10. The van der Waals surface area contributed by atoms with Gasteiger partial charge in [-0.25, -0.2) is 4.98 Å². The van der Waals surface area contributed by atoms with E-state index in [1.807, 2.05) is 6.20 Å². The second kappa shape index (κ2) is 8.91. The average Bonchev–Trinajstić information content (AvgIpc) is 2.74. The Morgan fingerprint density at radius 3 is 2.50 bits per heavy atom. The van der Waals surface area contributed by atoms with Crippen molar-refractivity contribution in [1.29, 1.82) is 0 Å². The van der Waals surface area contributed by atoms with Gasteiger partial charge in [-0.15, -0.1) is 0 Å². The molecule has 3 aromatic rings. The zero-order valence-electron chi connectivity index (χ0n) is 16.4. The highest BCUT2D eigenvalue weighted by Crippen LogP contribution is 2.29. The summed E-state index contributed by atoms with van der Waals surface area (Å²) in [5, 5.41) is 1.26. The quantitative estimate of drug-likeness (QED) is 0.478. The number of hydrogen-bond donors (Lipinski definition) is 0. The summed E-state index contributed by atoms with van der Waals surface area (Å²) in [4.78, 5) is 14.4. The van der Waals surface area contributed by atoms with E-state index in [0.717, 1.165) is 48.4 Å². The fourth-order valence-electron chi connectivity index (χ4n) is 3.89. The summed E-state index contributed by atoms with van der Waals surface area (Å²) in [6.07, 6.45) is 6.66. The van der Waals surface area contributed by atoms with Crippen LogP contribution in [0.5, 0.6) is 0 Å². The highest BCUT2D eigenvalue weighted by atomic mass is 79.9. The number of piperazine rings is 1. The Bertz CT molecular complexity index is 918. The smallest absolute Gasteiger partial charge is 0.128 e. The fourth-order valence-corrected chi connectivity index (χ4v) is 4.12. The summed E-state index contributed by atoms with van der Waals surface area (Å²) >= 11 is 3.47. The van der Waals surface area contributed by atoms with E-state index in [4.69, 9.17) is 4.98 Å². The molecule has 28 heavy (non-hydrogen) atoms. The van der Waals surface area contributed by atoms with Gasteiger partial charge in [0, 0.05) is 53.6 Å². The molecule has 0 radical (unpaired) electrons. The van der Waals surface area contributed by atoms with Crippen molar-refractivity contribution in [3.05, 3.63) is 58.8 Å². The van der Waals surface area contributed by atoms with Crippen LogP contribution in [-0.2, 0) is 6.42 Å². The van der Waals surface area contributed by atoms with E-state index in [1.165, 1.54) is 36.0 Å². The molecule has 3 heterocycles. The molecule has 5 heteroatoms. The summed E-state index contributed by atoms with van der Waals surface area (Å²) in [7, 11) is 0. The first-order valence-corrected chi connectivity index (χ1v) is 11.0. The third-order valence-corrected chi connectivity index (χ3v) is 5.91. The SMILES string of the molecule is CCCCCc1cc(N2CCN(c3ccc(Br)cn3)CC2)c2ccccc2n1. The van der Waals surface area contributed by atoms with Gasteiger partial charge < -0.3 is 9.80 Å². The molecule has 1 aliphatic heterocycles. The molecule has 1 fully saturated rings. The van der Waals surface area contributed by atoms with Gasteiger partial charge in [-0.3, -0.25) is 4.98 Å². The molecule has 4 rings (SSSR count). The number of halogens is 1. The summed E-state index contributed by atoms with van der Waals surface area (Å²) in [5.74, 6) is 1.06. The van der Waals surface area contributed by atoms with E-state index >= 15 is 0 Å². The number of hydrogen-bond acceptors (Lipinski definition) is 4. The lowest BCUT2D eigenvalue weighted by Gasteiger charge is -2.37. The molecule has 1 aromatic carbocycles. The normalized spacial score (nSPS) is 14.6. The molecule has 0 N–H and O–H groups in total. The predicted octanol–water partition coefficient (Wildman–Crippen LogP) is 5.45. The van der Waals surface area contributed by atoms with Crippen molar-refractivity contribution in [3.63, 3.8) is 0 Å². The molecule has 1 aliphatic rings. The van der Waals surface area contributed by atoms with Crippen LogP contribution in [-0.4, -0.2) is 36.1 Å². The third kappa shape index (κ3) is 4.30.